The lowest BCUT2D eigenvalue weighted by Crippen LogP contribution is -2.44. The van der Waals surface area contributed by atoms with Crippen molar-refractivity contribution in [3.05, 3.63) is 52.3 Å². The van der Waals surface area contributed by atoms with Crippen molar-refractivity contribution in [2.45, 2.75) is 32.3 Å². The molecule has 2 aromatic carbocycles. The highest BCUT2D eigenvalue weighted by molar-refractivity contribution is 6.31. The lowest BCUT2D eigenvalue weighted by Gasteiger charge is -2.35. The molecule has 1 aromatic heterocycles. The molecule has 1 atom stereocenters. The molecule has 5 rings (SSSR count). The summed E-state index contributed by atoms with van der Waals surface area (Å²) in [6.45, 7) is 2.75. The summed E-state index contributed by atoms with van der Waals surface area (Å²) in [6.07, 6.45) is 2.15. The van der Waals surface area contributed by atoms with E-state index in [2.05, 4.69) is 6.07 Å². The summed E-state index contributed by atoms with van der Waals surface area (Å²) in [4.78, 5) is 18.7. The summed E-state index contributed by atoms with van der Waals surface area (Å²) in [7, 11) is 1.99. The van der Waals surface area contributed by atoms with Gasteiger partial charge in [0.25, 0.3) is 0 Å². The number of carbonyl (C=O) groups is 1. The van der Waals surface area contributed by atoms with Gasteiger partial charge in [0, 0.05) is 36.2 Å². The molecule has 2 aliphatic rings. The third-order valence-electron chi connectivity index (χ3n) is 5.74. The van der Waals surface area contributed by atoms with Crippen molar-refractivity contribution in [3.8, 4) is 5.75 Å². The monoisotopic (exact) mass is 381 g/mol. The summed E-state index contributed by atoms with van der Waals surface area (Å²) in [5, 5.41) is 0.716. The minimum Gasteiger partial charge on any atom is -0.483 e. The molecule has 138 valence electrons. The second-order valence-electron chi connectivity index (χ2n) is 7.25. The Kier molecular flexibility index (Phi) is 3.69. The van der Waals surface area contributed by atoms with Crippen LogP contribution in [0, 0.1) is 6.92 Å². The van der Waals surface area contributed by atoms with Gasteiger partial charge in [0.2, 0.25) is 5.91 Å². The topological polar surface area (TPSA) is 47.4 Å². The Labute approximate surface area is 162 Å². The minimum atomic E-state index is -0.112. The molecule has 1 saturated heterocycles. The lowest BCUT2D eigenvalue weighted by molar-refractivity contribution is -0.122. The molecule has 5 nitrogen and oxygen atoms in total. The molecule has 3 aromatic rings. The van der Waals surface area contributed by atoms with E-state index in [-0.39, 0.29) is 12.0 Å². The van der Waals surface area contributed by atoms with Crippen molar-refractivity contribution in [2.75, 3.05) is 11.4 Å². The van der Waals surface area contributed by atoms with Crippen molar-refractivity contribution in [3.63, 3.8) is 0 Å². The maximum Gasteiger partial charge on any atom is 0.228 e. The van der Waals surface area contributed by atoms with Crippen LogP contribution in [0.5, 0.6) is 5.75 Å². The van der Waals surface area contributed by atoms with Gasteiger partial charge in [-0.15, -0.1) is 0 Å². The van der Waals surface area contributed by atoms with Crippen LogP contribution in [0.25, 0.3) is 11.0 Å². The van der Waals surface area contributed by atoms with E-state index >= 15 is 0 Å². The van der Waals surface area contributed by atoms with Crippen LogP contribution >= 0.6 is 11.6 Å². The Bertz CT molecular complexity index is 1090. The molecular weight excluding hydrogens is 362 g/mol. The van der Waals surface area contributed by atoms with Gasteiger partial charge < -0.3 is 14.2 Å². The second kappa shape index (κ2) is 5.99. The SMILES string of the molecule is Cc1nc2c3c(c(N4CCC4=O)cc2n1C)CC[C@@H](c1ccccc1Cl)O3. The number of imidazole rings is 1. The van der Waals surface area contributed by atoms with E-state index in [1.807, 2.05) is 47.7 Å². The van der Waals surface area contributed by atoms with Gasteiger partial charge in [0.05, 0.1) is 11.2 Å². The Morgan fingerprint density at radius 1 is 1.26 bits per heavy atom. The summed E-state index contributed by atoms with van der Waals surface area (Å²) >= 11 is 6.41. The van der Waals surface area contributed by atoms with Gasteiger partial charge in [-0.05, 0) is 31.9 Å². The molecule has 6 heteroatoms. The highest BCUT2D eigenvalue weighted by Gasteiger charge is 2.34. The molecule has 1 amide bonds. The Morgan fingerprint density at radius 2 is 2.07 bits per heavy atom. The number of aromatic nitrogens is 2. The number of benzene rings is 2. The Hall–Kier alpha value is -2.53. The molecule has 0 N–H and O–H groups in total. The first-order valence-corrected chi connectivity index (χ1v) is 9.62. The first-order chi connectivity index (χ1) is 13.0. The van der Waals surface area contributed by atoms with Gasteiger partial charge in [-0.1, -0.05) is 29.8 Å². The van der Waals surface area contributed by atoms with E-state index in [0.29, 0.717) is 11.4 Å². The fourth-order valence-electron chi connectivity index (χ4n) is 4.05. The summed E-state index contributed by atoms with van der Waals surface area (Å²) < 4.78 is 8.52. The molecule has 0 bridgehead atoms. The van der Waals surface area contributed by atoms with Crippen LogP contribution < -0.4 is 9.64 Å². The molecular formula is C21H20ClN3O2. The van der Waals surface area contributed by atoms with E-state index in [4.69, 9.17) is 21.3 Å². The maximum atomic E-state index is 12.1. The minimum absolute atomic E-state index is 0.112. The van der Waals surface area contributed by atoms with Gasteiger partial charge in [0.1, 0.15) is 17.4 Å². The number of aryl methyl sites for hydroxylation is 2. The number of amides is 1. The summed E-state index contributed by atoms with van der Waals surface area (Å²) in [5.41, 5.74) is 4.89. The van der Waals surface area contributed by atoms with Crippen LogP contribution in [0.15, 0.2) is 30.3 Å². The van der Waals surface area contributed by atoms with Crippen molar-refractivity contribution in [2.24, 2.45) is 7.05 Å². The quantitative estimate of drug-likeness (QED) is 0.620. The van der Waals surface area contributed by atoms with E-state index in [9.17, 15) is 4.79 Å². The number of anilines is 1. The summed E-state index contributed by atoms with van der Waals surface area (Å²) in [5.74, 6) is 1.88. The van der Waals surface area contributed by atoms with Crippen LogP contribution in [0.3, 0.4) is 0 Å². The standard InChI is InChI=1S/C21H20ClN3O2/c1-12-23-20-17(24(12)2)11-16(25-10-9-19(25)26)14-7-8-18(27-21(14)20)13-5-3-4-6-15(13)22/h3-6,11,18H,7-10H2,1-2H3/t18-/m0/s1. The maximum absolute atomic E-state index is 12.1. The molecule has 3 heterocycles. The molecule has 2 aliphatic heterocycles. The fraction of sp³-hybridized carbons (Fsp3) is 0.333. The number of hydrogen-bond donors (Lipinski definition) is 0. The van der Waals surface area contributed by atoms with Crippen LogP contribution in [0.2, 0.25) is 5.02 Å². The Morgan fingerprint density at radius 3 is 2.78 bits per heavy atom. The number of fused-ring (bicyclic) bond motifs is 3. The zero-order valence-electron chi connectivity index (χ0n) is 15.3. The normalized spacial score (nSPS) is 19.0. The number of halogens is 1. The third-order valence-corrected chi connectivity index (χ3v) is 6.09. The van der Waals surface area contributed by atoms with Crippen LogP contribution in [0.4, 0.5) is 5.69 Å². The van der Waals surface area contributed by atoms with Crippen molar-refractivity contribution in [1.29, 1.82) is 0 Å². The molecule has 27 heavy (non-hydrogen) atoms. The number of rotatable bonds is 2. The first-order valence-electron chi connectivity index (χ1n) is 9.25. The number of ether oxygens (including phenoxy) is 1. The van der Waals surface area contributed by atoms with E-state index in [1.165, 1.54) is 0 Å². The zero-order chi connectivity index (χ0) is 18.7. The van der Waals surface area contributed by atoms with Gasteiger partial charge in [-0.2, -0.15) is 0 Å². The van der Waals surface area contributed by atoms with Crippen LogP contribution in [-0.2, 0) is 18.3 Å². The van der Waals surface area contributed by atoms with Crippen molar-refractivity contribution in [1.82, 2.24) is 9.55 Å². The van der Waals surface area contributed by atoms with Crippen LogP contribution in [-0.4, -0.2) is 22.0 Å². The van der Waals surface area contributed by atoms with Gasteiger partial charge in [-0.25, -0.2) is 4.98 Å². The van der Waals surface area contributed by atoms with Gasteiger partial charge in [0.15, 0.2) is 5.75 Å². The molecule has 1 fully saturated rings. The average Bonchev–Trinajstić information content (AvgIpc) is 2.95. The number of carbonyl (C=O) groups excluding carboxylic acids is 1. The van der Waals surface area contributed by atoms with E-state index in [0.717, 1.165) is 58.8 Å². The molecule has 0 saturated carbocycles. The fourth-order valence-corrected chi connectivity index (χ4v) is 4.30. The Balaban J connectivity index is 1.68. The average molecular weight is 382 g/mol. The summed E-state index contributed by atoms with van der Waals surface area (Å²) in [6, 6.07) is 9.91. The third kappa shape index (κ3) is 2.45. The van der Waals surface area contributed by atoms with Crippen molar-refractivity contribution < 1.29 is 9.53 Å². The molecule has 0 radical (unpaired) electrons. The smallest absolute Gasteiger partial charge is 0.228 e. The lowest BCUT2D eigenvalue weighted by atomic mass is 9.94. The highest BCUT2D eigenvalue weighted by atomic mass is 35.5. The molecule has 0 aliphatic carbocycles. The van der Waals surface area contributed by atoms with Gasteiger partial charge >= 0.3 is 0 Å². The van der Waals surface area contributed by atoms with E-state index in [1.54, 1.807) is 0 Å². The number of nitrogens with zero attached hydrogens (tertiary/aromatic N) is 3. The second-order valence-corrected chi connectivity index (χ2v) is 7.66. The number of hydrogen-bond acceptors (Lipinski definition) is 3. The van der Waals surface area contributed by atoms with Crippen LogP contribution in [0.1, 0.15) is 35.9 Å². The van der Waals surface area contributed by atoms with E-state index < -0.39 is 0 Å². The largest absolute Gasteiger partial charge is 0.483 e. The highest BCUT2D eigenvalue weighted by Crippen LogP contribution is 2.46. The first kappa shape index (κ1) is 16.6. The van der Waals surface area contributed by atoms with Crippen molar-refractivity contribution >= 4 is 34.2 Å². The number of β-lactam (4-membered cyclic amide) rings is 1. The molecule has 0 spiro atoms. The van der Waals surface area contributed by atoms with Gasteiger partial charge in [-0.3, -0.25) is 4.79 Å². The predicted molar refractivity (Wildman–Crippen MR) is 106 cm³/mol. The zero-order valence-corrected chi connectivity index (χ0v) is 16.1. The predicted octanol–water partition coefficient (Wildman–Crippen LogP) is 4.34. The molecule has 0 unspecified atom stereocenters.